The minimum absolute atomic E-state index is 0.427. The van der Waals surface area contributed by atoms with Gasteiger partial charge in [-0.25, -0.2) is 8.42 Å². The molecule has 0 radical (unpaired) electrons. The first-order valence-corrected chi connectivity index (χ1v) is 9.42. The van der Waals surface area contributed by atoms with Gasteiger partial charge in [0, 0.05) is 32.7 Å². The molecule has 2 heterocycles. The Labute approximate surface area is 127 Å². The predicted octanol–water partition coefficient (Wildman–Crippen LogP) is 2.47. The van der Waals surface area contributed by atoms with E-state index in [0.29, 0.717) is 23.2 Å². The molecule has 0 atom stereocenters. The number of piperazine rings is 1. The van der Waals surface area contributed by atoms with Gasteiger partial charge in [-0.2, -0.15) is 4.31 Å². The molecule has 0 spiro atoms. The summed E-state index contributed by atoms with van der Waals surface area (Å²) in [4.78, 5) is 2.33. The van der Waals surface area contributed by atoms with Gasteiger partial charge in [0.05, 0.1) is 3.79 Å². The second-order valence-corrected chi connectivity index (χ2v) is 9.78. The first-order chi connectivity index (χ1) is 8.89. The molecule has 0 amide bonds. The van der Waals surface area contributed by atoms with Gasteiger partial charge >= 0.3 is 0 Å². The van der Waals surface area contributed by atoms with Crippen molar-refractivity contribution in [2.45, 2.75) is 18.1 Å². The zero-order valence-corrected chi connectivity index (χ0v) is 14.4. The summed E-state index contributed by atoms with van der Waals surface area (Å²) in [5, 5.41) is 0. The molecule has 0 bridgehead atoms. The Morgan fingerprint density at radius 1 is 1.26 bits per heavy atom. The Balaban J connectivity index is 2.01. The minimum Gasteiger partial charge on any atom is -0.300 e. The van der Waals surface area contributed by atoms with Gasteiger partial charge in [0.2, 0.25) is 0 Å². The van der Waals surface area contributed by atoms with Crippen molar-refractivity contribution >= 4 is 37.3 Å². The van der Waals surface area contributed by atoms with Gasteiger partial charge in [0.15, 0.2) is 0 Å². The van der Waals surface area contributed by atoms with Crippen LogP contribution in [-0.4, -0.2) is 50.3 Å². The Kier molecular flexibility index (Phi) is 5.05. The third-order valence-electron chi connectivity index (χ3n) is 3.10. The Morgan fingerprint density at radius 2 is 1.89 bits per heavy atom. The molecule has 108 valence electrons. The maximum Gasteiger partial charge on any atom is 0.252 e. The molecule has 1 fully saturated rings. The number of thiophene rings is 1. The molecule has 2 rings (SSSR count). The molecule has 0 saturated carbocycles. The minimum atomic E-state index is -3.30. The summed E-state index contributed by atoms with van der Waals surface area (Å²) in [6.07, 6.45) is 0. The van der Waals surface area contributed by atoms with Crippen LogP contribution in [0.1, 0.15) is 13.8 Å². The molecular weight excluding hydrogens is 348 g/mol. The fourth-order valence-electron chi connectivity index (χ4n) is 2.23. The van der Waals surface area contributed by atoms with Crippen LogP contribution in [0.15, 0.2) is 20.1 Å². The van der Waals surface area contributed by atoms with E-state index in [0.717, 1.165) is 23.4 Å². The Bertz CT molecular complexity index is 520. The van der Waals surface area contributed by atoms with Gasteiger partial charge in [-0.05, 0) is 34.0 Å². The van der Waals surface area contributed by atoms with Crippen molar-refractivity contribution in [3.05, 3.63) is 15.9 Å². The van der Waals surface area contributed by atoms with Crippen LogP contribution in [0, 0.1) is 5.92 Å². The van der Waals surface area contributed by atoms with Gasteiger partial charge in [-0.3, -0.25) is 0 Å². The van der Waals surface area contributed by atoms with Crippen LogP contribution < -0.4 is 0 Å². The highest BCUT2D eigenvalue weighted by Crippen LogP contribution is 2.28. The van der Waals surface area contributed by atoms with Crippen molar-refractivity contribution in [3.63, 3.8) is 0 Å². The van der Waals surface area contributed by atoms with E-state index in [-0.39, 0.29) is 0 Å². The van der Waals surface area contributed by atoms with E-state index in [9.17, 15) is 8.42 Å². The summed E-state index contributed by atoms with van der Waals surface area (Å²) in [6.45, 7) is 8.24. The fourth-order valence-corrected chi connectivity index (χ4v) is 5.82. The van der Waals surface area contributed by atoms with Crippen molar-refractivity contribution in [2.75, 3.05) is 32.7 Å². The van der Waals surface area contributed by atoms with Crippen LogP contribution in [0.2, 0.25) is 0 Å². The zero-order chi connectivity index (χ0) is 14.0. The van der Waals surface area contributed by atoms with Crippen molar-refractivity contribution in [2.24, 2.45) is 5.92 Å². The normalized spacial score (nSPS) is 19.2. The highest BCUT2D eigenvalue weighted by Gasteiger charge is 2.29. The largest absolute Gasteiger partial charge is 0.300 e. The number of hydrogen-bond donors (Lipinski definition) is 0. The van der Waals surface area contributed by atoms with Gasteiger partial charge in [-0.1, -0.05) is 13.8 Å². The van der Waals surface area contributed by atoms with Crippen LogP contribution in [0.3, 0.4) is 0 Å². The lowest BCUT2D eigenvalue weighted by molar-refractivity contribution is 0.172. The molecule has 0 aromatic carbocycles. The zero-order valence-electron chi connectivity index (χ0n) is 11.2. The van der Waals surface area contributed by atoms with Crippen molar-refractivity contribution in [1.82, 2.24) is 9.21 Å². The van der Waals surface area contributed by atoms with E-state index in [2.05, 4.69) is 34.7 Å². The average molecular weight is 367 g/mol. The SMILES string of the molecule is CC(C)CN1CCN(S(=O)(=O)c2ccc(Br)s2)CC1. The molecule has 1 saturated heterocycles. The van der Waals surface area contributed by atoms with Crippen LogP contribution in [0.5, 0.6) is 0 Å². The van der Waals surface area contributed by atoms with Crippen LogP contribution >= 0.6 is 27.3 Å². The molecule has 1 aliphatic rings. The molecule has 4 nitrogen and oxygen atoms in total. The molecule has 7 heteroatoms. The highest BCUT2D eigenvalue weighted by atomic mass is 79.9. The first kappa shape index (κ1) is 15.4. The van der Waals surface area contributed by atoms with Gasteiger partial charge in [-0.15, -0.1) is 11.3 Å². The summed E-state index contributed by atoms with van der Waals surface area (Å²) >= 11 is 4.59. The summed E-state index contributed by atoms with van der Waals surface area (Å²) in [6, 6.07) is 3.46. The topological polar surface area (TPSA) is 40.6 Å². The molecule has 0 aliphatic carbocycles. The van der Waals surface area contributed by atoms with E-state index in [1.807, 2.05) is 0 Å². The number of rotatable bonds is 4. The predicted molar refractivity (Wildman–Crippen MR) is 82.1 cm³/mol. The van der Waals surface area contributed by atoms with E-state index in [1.165, 1.54) is 11.3 Å². The van der Waals surface area contributed by atoms with Gasteiger partial charge in [0.1, 0.15) is 4.21 Å². The fraction of sp³-hybridized carbons (Fsp3) is 0.667. The maximum absolute atomic E-state index is 12.4. The lowest BCUT2D eigenvalue weighted by Crippen LogP contribution is -2.49. The molecule has 1 aromatic heterocycles. The first-order valence-electron chi connectivity index (χ1n) is 6.37. The molecule has 1 aliphatic heterocycles. The van der Waals surface area contributed by atoms with Crippen molar-refractivity contribution in [3.8, 4) is 0 Å². The molecular formula is C12H19BrN2O2S2. The average Bonchev–Trinajstić information content (AvgIpc) is 2.76. The third kappa shape index (κ3) is 3.78. The molecule has 0 unspecified atom stereocenters. The van der Waals surface area contributed by atoms with Crippen molar-refractivity contribution in [1.29, 1.82) is 0 Å². The van der Waals surface area contributed by atoms with E-state index in [4.69, 9.17) is 0 Å². The molecule has 19 heavy (non-hydrogen) atoms. The van der Waals surface area contributed by atoms with Gasteiger partial charge in [0.25, 0.3) is 10.0 Å². The smallest absolute Gasteiger partial charge is 0.252 e. The summed E-state index contributed by atoms with van der Waals surface area (Å²) in [5.41, 5.74) is 0. The maximum atomic E-state index is 12.4. The summed E-state index contributed by atoms with van der Waals surface area (Å²) in [5.74, 6) is 0.622. The third-order valence-corrected chi connectivity index (χ3v) is 7.09. The lowest BCUT2D eigenvalue weighted by Gasteiger charge is -2.34. The monoisotopic (exact) mass is 366 g/mol. The summed E-state index contributed by atoms with van der Waals surface area (Å²) < 4.78 is 27.7. The second-order valence-electron chi connectivity index (χ2n) is 5.16. The van der Waals surface area contributed by atoms with Crippen LogP contribution in [0.4, 0.5) is 0 Å². The molecule has 0 N–H and O–H groups in total. The Hall–Kier alpha value is 0.0500. The number of hydrogen-bond acceptors (Lipinski definition) is 4. The van der Waals surface area contributed by atoms with Gasteiger partial charge < -0.3 is 4.90 Å². The lowest BCUT2D eigenvalue weighted by atomic mass is 10.2. The standard InChI is InChI=1S/C12H19BrN2O2S2/c1-10(2)9-14-5-7-15(8-6-14)19(16,17)12-4-3-11(13)18-12/h3-4,10H,5-9H2,1-2H3. The highest BCUT2D eigenvalue weighted by molar-refractivity contribution is 9.11. The number of halogens is 1. The number of sulfonamides is 1. The van der Waals surface area contributed by atoms with E-state index in [1.54, 1.807) is 16.4 Å². The van der Waals surface area contributed by atoms with Crippen LogP contribution in [-0.2, 0) is 10.0 Å². The second kappa shape index (κ2) is 6.22. The van der Waals surface area contributed by atoms with Crippen LogP contribution in [0.25, 0.3) is 0 Å². The Morgan fingerprint density at radius 3 is 2.37 bits per heavy atom. The van der Waals surface area contributed by atoms with E-state index >= 15 is 0 Å². The summed E-state index contributed by atoms with van der Waals surface area (Å²) in [7, 11) is -3.30. The van der Waals surface area contributed by atoms with E-state index < -0.39 is 10.0 Å². The van der Waals surface area contributed by atoms with Crippen molar-refractivity contribution < 1.29 is 8.42 Å². The molecule has 1 aromatic rings. The quantitative estimate of drug-likeness (QED) is 0.821. The number of nitrogens with zero attached hydrogens (tertiary/aromatic N) is 2.